The second-order valence-electron chi connectivity index (χ2n) is 6.66. The lowest BCUT2D eigenvalue weighted by atomic mass is 9.78. The number of fused-ring (bicyclic) bond motifs is 1. The van der Waals surface area contributed by atoms with Crippen molar-refractivity contribution in [3.05, 3.63) is 59.4 Å². The molecule has 3 N–H and O–H groups in total. The molecule has 0 aliphatic heterocycles. The molecule has 0 unspecified atom stereocenters. The number of primary amides is 1. The molecule has 2 aromatic carbocycles. The molecule has 4 rings (SSSR count). The van der Waals surface area contributed by atoms with Gasteiger partial charge in [-0.25, -0.2) is 13.2 Å². The molecule has 3 aromatic rings. The largest absolute Gasteiger partial charge is 0.369 e. The quantitative estimate of drug-likeness (QED) is 0.556. The number of carbonyl (C=O) groups is 1. The summed E-state index contributed by atoms with van der Waals surface area (Å²) in [6, 6.07) is 9.94. The molecule has 0 bridgehead atoms. The highest BCUT2D eigenvalue weighted by Gasteiger charge is 2.27. The number of benzene rings is 2. The standard InChI is InChI=1S/C18H14F3N.C3H4N2O.C2H6/c19-12-6-4-11(5-7-12)17-16(10-2-1-3-10)14-8-13(20)9-15(21)18(14)22-17;4-2-1-3(5)6;1-2/h4-10,22H,1-3H2;1H2,(H2,5,6);1-2H3. The van der Waals surface area contributed by atoms with Crippen LogP contribution >= 0.6 is 0 Å². The topological polar surface area (TPSA) is 82.7 Å². The highest BCUT2D eigenvalue weighted by Crippen LogP contribution is 2.45. The Morgan fingerprint density at radius 3 is 2.23 bits per heavy atom. The normalized spacial score (nSPS) is 12.7. The van der Waals surface area contributed by atoms with Crippen LogP contribution in [0.2, 0.25) is 0 Å². The number of rotatable bonds is 3. The van der Waals surface area contributed by atoms with Crippen molar-refractivity contribution in [2.75, 3.05) is 0 Å². The first-order chi connectivity index (χ1) is 14.4. The van der Waals surface area contributed by atoms with E-state index >= 15 is 0 Å². The van der Waals surface area contributed by atoms with E-state index in [2.05, 4.69) is 10.7 Å². The molecule has 1 aromatic heterocycles. The molecule has 0 spiro atoms. The molecule has 1 aliphatic rings. The van der Waals surface area contributed by atoms with Gasteiger partial charge in [-0.2, -0.15) is 5.26 Å². The number of aromatic amines is 1. The van der Waals surface area contributed by atoms with Crippen molar-refractivity contribution in [1.82, 2.24) is 4.98 Å². The molecule has 1 amide bonds. The van der Waals surface area contributed by atoms with Crippen molar-refractivity contribution in [3.63, 3.8) is 0 Å². The number of carbonyl (C=O) groups excluding carboxylic acids is 1. The summed E-state index contributed by atoms with van der Waals surface area (Å²) in [7, 11) is 0. The minimum atomic E-state index is -0.594. The molecule has 1 heterocycles. The third-order valence-corrected chi connectivity index (χ3v) is 4.76. The maximum atomic E-state index is 14.1. The Morgan fingerprint density at radius 1 is 1.13 bits per heavy atom. The Kier molecular flexibility index (Phi) is 8.05. The first-order valence-electron chi connectivity index (χ1n) is 9.82. The van der Waals surface area contributed by atoms with Crippen LogP contribution in [0.3, 0.4) is 0 Å². The molecular formula is C23H24F3N3O. The lowest BCUT2D eigenvalue weighted by molar-refractivity contribution is -0.117. The van der Waals surface area contributed by atoms with Gasteiger partial charge in [-0.15, -0.1) is 0 Å². The average Bonchev–Trinajstić information content (AvgIpc) is 3.03. The molecule has 1 fully saturated rings. The third kappa shape index (κ3) is 5.20. The Hall–Kier alpha value is -3.27. The summed E-state index contributed by atoms with van der Waals surface area (Å²) in [5, 5.41) is 8.28. The minimum absolute atomic E-state index is 0.181. The van der Waals surface area contributed by atoms with Crippen LogP contribution in [-0.2, 0) is 4.79 Å². The molecule has 4 nitrogen and oxygen atoms in total. The van der Waals surface area contributed by atoms with E-state index in [1.54, 1.807) is 18.2 Å². The van der Waals surface area contributed by atoms with E-state index in [-0.39, 0.29) is 12.2 Å². The minimum Gasteiger partial charge on any atom is -0.369 e. The molecule has 158 valence electrons. The fourth-order valence-electron chi connectivity index (χ4n) is 3.28. The fraction of sp³-hybridized carbons (Fsp3) is 0.304. The van der Waals surface area contributed by atoms with E-state index in [9.17, 15) is 18.0 Å². The summed E-state index contributed by atoms with van der Waals surface area (Å²) in [5.41, 5.74) is 7.37. The maximum absolute atomic E-state index is 14.1. The Labute approximate surface area is 173 Å². The lowest BCUT2D eigenvalue weighted by Crippen LogP contribution is -2.09. The number of nitrogens with two attached hydrogens (primary N) is 1. The second-order valence-corrected chi connectivity index (χ2v) is 6.66. The van der Waals surface area contributed by atoms with Crippen molar-refractivity contribution in [2.45, 2.75) is 45.4 Å². The van der Waals surface area contributed by atoms with Gasteiger partial charge < -0.3 is 10.7 Å². The van der Waals surface area contributed by atoms with E-state index in [0.717, 1.165) is 42.1 Å². The van der Waals surface area contributed by atoms with Crippen LogP contribution in [0.25, 0.3) is 22.2 Å². The van der Waals surface area contributed by atoms with Crippen LogP contribution in [0.5, 0.6) is 0 Å². The molecular weight excluding hydrogens is 391 g/mol. The number of aromatic nitrogens is 1. The van der Waals surface area contributed by atoms with Gasteiger partial charge in [0.05, 0.1) is 17.3 Å². The van der Waals surface area contributed by atoms with Crippen molar-refractivity contribution >= 4 is 16.8 Å². The summed E-state index contributed by atoms with van der Waals surface area (Å²) >= 11 is 0. The van der Waals surface area contributed by atoms with Gasteiger partial charge >= 0.3 is 0 Å². The van der Waals surface area contributed by atoms with E-state index in [1.807, 2.05) is 13.8 Å². The number of amides is 1. The van der Waals surface area contributed by atoms with Gasteiger partial charge in [-0.05, 0) is 60.2 Å². The molecule has 1 saturated carbocycles. The number of nitrogens with one attached hydrogen (secondary N) is 1. The molecule has 30 heavy (non-hydrogen) atoms. The van der Waals surface area contributed by atoms with Gasteiger partial charge in [0.25, 0.3) is 0 Å². The highest BCUT2D eigenvalue weighted by molar-refractivity contribution is 5.92. The van der Waals surface area contributed by atoms with Crippen molar-refractivity contribution in [3.8, 4) is 17.3 Å². The van der Waals surface area contributed by atoms with Crippen LogP contribution in [0.4, 0.5) is 13.2 Å². The zero-order valence-electron chi connectivity index (χ0n) is 16.9. The zero-order chi connectivity index (χ0) is 22.3. The monoisotopic (exact) mass is 415 g/mol. The first-order valence-corrected chi connectivity index (χ1v) is 9.82. The van der Waals surface area contributed by atoms with Crippen LogP contribution in [0.1, 0.15) is 51.0 Å². The summed E-state index contributed by atoms with van der Waals surface area (Å²) in [5.74, 6) is -1.76. The summed E-state index contributed by atoms with van der Waals surface area (Å²) in [6.07, 6.45) is 2.97. The molecule has 0 saturated heterocycles. The van der Waals surface area contributed by atoms with E-state index in [4.69, 9.17) is 5.26 Å². The van der Waals surface area contributed by atoms with E-state index in [0.29, 0.717) is 16.8 Å². The summed E-state index contributed by atoms with van der Waals surface area (Å²) in [4.78, 5) is 12.7. The van der Waals surface area contributed by atoms with Gasteiger partial charge in [-0.3, -0.25) is 4.79 Å². The molecule has 1 aliphatic carbocycles. The van der Waals surface area contributed by atoms with Crippen molar-refractivity contribution < 1.29 is 18.0 Å². The van der Waals surface area contributed by atoms with Gasteiger partial charge in [0.2, 0.25) is 5.91 Å². The second kappa shape index (κ2) is 10.5. The number of nitriles is 1. The fourth-order valence-corrected chi connectivity index (χ4v) is 3.28. The van der Waals surface area contributed by atoms with Gasteiger partial charge in [0.15, 0.2) is 0 Å². The first kappa shape index (κ1) is 23.0. The number of nitrogens with zero attached hydrogens (tertiary/aromatic N) is 1. The Balaban J connectivity index is 0.000000348. The number of hydrogen-bond acceptors (Lipinski definition) is 2. The molecule has 0 radical (unpaired) electrons. The summed E-state index contributed by atoms with van der Waals surface area (Å²) < 4.78 is 40.8. The number of hydrogen-bond donors (Lipinski definition) is 2. The average molecular weight is 415 g/mol. The summed E-state index contributed by atoms with van der Waals surface area (Å²) in [6.45, 7) is 4.00. The molecule has 0 atom stereocenters. The van der Waals surface area contributed by atoms with Gasteiger partial charge in [0.1, 0.15) is 23.9 Å². The maximum Gasteiger partial charge on any atom is 0.231 e. The van der Waals surface area contributed by atoms with Gasteiger partial charge in [0, 0.05) is 11.5 Å². The predicted molar refractivity (Wildman–Crippen MR) is 111 cm³/mol. The highest BCUT2D eigenvalue weighted by atomic mass is 19.1. The lowest BCUT2D eigenvalue weighted by Gasteiger charge is -2.26. The smallest absolute Gasteiger partial charge is 0.231 e. The zero-order valence-corrected chi connectivity index (χ0v) is 16.9. The number of H-pyrrole nitrogens is 1. The van der Waals surface area contributed by atoms with Gasteiger partial charge in [-0.1, -0.05) is 20.3 Å². The third-order valence-electron chi connectivity index (χ3n) is 4.76. The SMILES string of the molecule is CC.Fc1ccc(-c2[nH]c3c(F)cc(F)cc3c2C2CCC2)cc1.N#CCC(N)=O. The number of halogens is 3. The van der Waals surface area contributed by atoms with E-state index < -0.39 is 17.5 Å². The predicted octanol–water partition coefficient (Wildman–Crippen LogP) is 5.93. The van der Waals surface area contributed by atoms with Crippen LogP contribution in [0, 0.1) is 28.8 Å². The molecule has 7 heteroatoms. The van der Waals surface area contributed by atoms with Crippen molar-refractivity contribution in [2.24, 2.45) is 5.73 Å². The van der Waals surface area contributed by atoms with E-state index in [1.165, 1.54) is 18.2 Å². The van der Waals surface area contributed by atoms with Crippen LogP contribution < -0.4 is 5.73 Å². The Bertz CT molecular complexity index is 1050. The van der Waals surface area contributed by atoms with Crippen LogP contribution in [0.15, 0.2) is 36.4 Å². The van der Waals surface area contributed by atoms with Crippen molar-refractivity contribution in [1.29, 1.82) is 5.26 Å². The van der Waals surface area contributed by atoms with Crippen LogP contribution in [-0.4, -0.2) is 10.9 Å². The Morgan fingerprint density at radius 2 is 1.77 bits per heavy atom.